The normalized spacial score (nSPS) is 19.8. The Morgan fingerprint density at radius 1 is 1.50 bits per heavy atom. The molecular weight excluding hydrogens is 236 g/mol. The van der Waals surface area contributed by atoms with Crippen LogP contribution < -0.4 is 5.73 Å². The molecule has 0 saturated carbocycles. The van der Waals surface area contributed by atoms with Gasteiger partial charge in [0.05, 0.1) is 12.5 Å². The van der Waals surface area contributed by atoms with E-state index in [1.165, 1.54) is 4.90 Å². The molecule has 0 aliphatic carbocycles. The number of aliphatic carboxylic acids is 1. The van der Waals surface area contributed by atoms with Crippen LogP contribution in [0.15, 0.2) is 16.5 Å². The highest BCUT2D eigenvalue weighted by Crippen LogP contribution is 2.19. The molecule has 3 N–H and O–H groups in total. The molecule has 18 heavy (non-hydrogen) atoms. The summed E-state index contributed by atoms with van der Waals surface area (Å²) in [5.41, 5.74) is 5.41. The second kappa shape index (κ2) is 5.22. The van der Waals surface area contributed by atoms with E-state index in [0.717, 1.165) is 0 Å². The van der Waals surface area contributed by atoms with Crippen molar-refractivity contribution in [3.05, 3.63) is 23.7 Å². The molecule has 98 valence electrons. The lowest BCUT2D eigenvalue weighted by molar-refractivity contribution is -0.143. The molecule has 1 amide bonds. The van der Waals surface area contributed by atoms with E-state index >= 15 is 0 Å². The summed E-state index contributed by atoms with van der Waals surface area (Å²) in [5, 5.41) is 8.97. The molecule has 0 spiro atoms. The quantitative estimate of drug-likeness (QED) is 0.824. The van der Waals surface area contributed by atoms with Gasteiger partial charge in [0.1, 0.15) is 5.76 Å². The van der Waals surface area contributed by atoms with E-state index < -0.39 is 11.9 Å². The first-order chi connectivity index (χ1) is 8.61. The van der Waals surface area contributed by atoms with E-state index in [1.807, 2.05) is 0 Å². The van der Waals surface area contributed by atoms with Gasteiger partial charge in [-0.3, -0.25) is 9.59 Å². The molecule has 1 atom stereocenters. The van der Waals surface area contributed by atoms with Gasteiger partial charge in [0, 0.05) is 13.1 Å². The number of hydrogen-bond acceptors (Lipinski definition) is 4. The van der Waals surface area contributed by atoms with Gasteiger partial charge in [0.25, 0.3) is 5.91 Å². The van der Waals surface area contributed by atoms with Crippen LogP contribution in [0.3, 0.4) is 0 Å². The maximum atomic E-state index is 12.1. The van der Waals surface area contributed by atoms with Crippen LogP contribution in [0.25, 0.3) is 0 Å². The number of carboxylic acid groups (broad SMARTS) is 1. The van der Waals surface area contributed by atoms with Crippen molar-refractivity contribution < 1.29 is 19.1 Å². The number of hydrogen-bond donors (Lipinski definition) is 2. The Hall–Kier alpha value is -1.82. The zero-order valence-corrected chi connectivity index (χ0v) is 9.96. The number of carbonyl (C=O) groups is 2. The summed E-state index contributed by atoms with van der Waals surface area (Å²) >= 11 is 0. The Balaban J connectivity index is 2.06. The largest absolute Gasteiger partial charge is 0.481 e. The van der Waals surface area contributed by atoms with Crippen molar-refractivity contribution in [2.45, 2.75) is 19.4 Å². The van der Waals surface area contributed by atoms with Crippen molar-refractivity contribution in [1.29, 1.82) is 0 Å². The lowest BCUT2D eigenvalue weighted by atomic mass is 9.98. The maximum absolute atomic E-state index is 12.1. The summed E-state index contributed by atoms with van der Waals surface area (Å²) in [7, 11) is 0. The maximum Gasteiger partial charge on any atom is 0.308 e. The van der Waals surface area contributed by atoms with E-state index in [9.17, 15) is 9.59 Å². The van der Waals surface area contributed by atoms with Crippen LogP contribution in [0.4, 0.5) is 0 Å². The Labute approximate surface area is 104 Å². The van der Waals surface area contributed by atoms with Crippen molar-refractivity contribution in [3.8, 4) is 0 Å². The van der Waals surface area contributed by atoms with Gasteiger partial charge in [-0.15, -0.1) is 0 Å². The predicted molar refractivity (Wildman–Crippen MR) is 62.9 cm³/mol. The van der Waals surface area contributed by atoms with E-state index in [0.29, 0.717) is 25.1 Å². The zero-order chi connectivity index (χ0) is 13.1. The highest BCUT2D eigenvalue weighted by Gasteiger charge is 2.29. The number of nitrogens with zero attached hydrogens (tertiary/aromatic N) is 1. The Morgan fingerprint density at radius 2 is 2.28 bits per heavy atom. The highest BCUT2D eigenvalue weighted by molar-refractivity contribution is 5.92. The third-order valence-electron chi connectivity index (χ3n) is 3.13. The van der Waals surface area contributed by atoms with Gasteiger partial charge in [-0.1, -0.05) is 0 Å². The second-order valence-corrected chi connectivity index (χ2v) is 4.40. The molecule has 0 unspecified atom stereocenters. The summed E-state index contributed by atoms with van der Waals surface area (Å²) in [4.78, 5) is 24.6. The number of rotatable bonds is 3. The molecule has 6 nitrogen and oxygen atoms in total. The lowest BCUT2D eigenvalue weighted by Crippen LogP contribution is -2.42. The van der Waals surface area contributed by atoms with E-state index in [4.69, 9.17) is 15.3 Å². The molecule has 2 heterocycles. The fourth-order valence-electron chi connectivity index (χ4n) is 2.12. The Morgan fingerprint density at radius 3 is 2.89 bits per heavy atom. The zero-order valence-electron chi connectivity index (χ0n) is 9.96. The minimum Gasteiger partial charge on any atom is -0.481 e. The molecular formula is C12H16N2O4. The summed E-state index contributed by atoms with van der Waals surface area (Å²) < 4.78 is 5.28. The Bertz CT molecular complexity index is 455. The van der Waals surface area contributed by atoms with Crippen LogP contribution >= 0.6 is 0 Å². The minimum absolute atomic E-state index is 0.224. The molecule has 0 bridgehead atoms. The van der Waals surface area contributed by atoms with Crippen molar-refractivity contribution in [2.24, 2.45) is 11.7 Å². The van der Waals surface area contributed by atoms with Gasteiger partial charge in [-0.25, -0.2) is 0 Å². The third kappa shape index (κ3) is 2.53. The van der Waals surface area contributed by atoms with Crippen molar-refractivity contribution in [3.63, 3.8) is 0 Å². The second-order valence-electron chi connectivity index (χ2n) is 4.40. The number of amides is 1. The minimum atomic E-state index is -0.852. The van der Waals surface area contributed by atoms with Crippen LogP contribution in [-0.2, 0) is 11.3 Å². The first kappa shape index (κ1) is 12.6. The molecule has 6 heteroatoms. The third-order valence-corrected chi connectivity index (χ3v) is 3.13. The van der Waals surface area contributed by atoms with Crippen LogP contribution in [0.5, 0.6) is 0 Å². The van der Waals surface area contributed by atoms with Gasteiger partial charge >= 0.3 is 5.97 Å². The molecule has 1 aliphatic rings. The highest BCUT2D eigenvalue weighted by atomic mass is 16.4. The number of carboxylic acids is 1. The molecule has 0 aromatic carbocycles. The number of likely N-dealkylation sites (tertiary alicyclic amines) is 1. The molecule has 1 aliphatic heterocycles. The van der Waals surface area contributed by atoms with Crippen molar-refractivity contribution >= 4 is 11.9 Å². The van der Waals surface area contributed by atoms with E-state index in [2.05, 4.69) is 0 Å². The first-order valence-electron chi connectivity index (χ1n) is 5.92. The van der Waals surface area contributed by atoms with Crippen LogP contribution in [0, 0.1) is 5.92 Å². The molecule has 2 rings (SSSR count). The first-order valence-corrected chi connectivity index (χ1v) is 5.92. The average molecular weight is 252 g/mol. The fraction of sp³-hybridized carbons (Fsp3) is 0.500. The monoisotopic (exact) mass is 252 g/mol. The summed E-state index contributed by atoms with van der Waals surface area (Å²) in [5.74, 6) is -0.825. The summed E-state index contributed by atoms with van der Waals surface area (Å²) in [6, 6.07) is 3.24. The van der Waals surface area contributed by atoms with Crippen LogP contribution in [-0.4, -0.2) is 35.0 Å². The molecule has 0 radical (unpaired) electrons. The summed E-state index contributed by atoms with van der Waals surface area (Å²) in [6.07, 6.45) is 1.32. The number of piperidine rings is 1. The van der Waals surface area contributed by atoms with Crippen molar-refractivity contribution in [1.82, 2.24) is 4.90 Å². The van der Waals surface area contributed by atoms with Gasteiger partial charge in [-0.05, 0) is 25.0 Å². The lowest BCUT2D eigenvalue weighted by Gasteiger charge is -2.29. The van der Waals surface area contributed by atoms with E-state index in [-0.39, 0.29) is 24.8 Å². The average Bonchev–Trinajstić information content (AvgIpc) is 2.86. The molecule has 1 saturated heterocycles. The molecule has 1 aromatic rings. The predicted octanol–water partition coefficient (Wildman–Crippen LogP) is 0.675. The van der Waals surface area contributed by atoms with Gasteiger partial charge in [-0.2, -0.15) is 0 Å². The van der Waals surface area contributed by atoms with Gasteiger partial charge in [0.2, 0.25) is 0 Å². The smallest absolute Gasteiger partial charge is 0.308 e. The number of furan rings is 1. The van der Waals surface area contributed by atoms with Crippen LogP contribution in [0.1, 0.15) is 29.2 Å². The standard InChI is InChI=1S/C12H16N2O4/c13-6-9-3-4-10(18-9)11(15)14-5-1-2-8(7-14)12(16)17/h3-4,8H,1-2,5-7,13H2,(H,16,17)/t8-/m1/s1. The van der Waals surface area contributed by atoms with Gasteiger partial charge in [0.15, 0.2) is 5.76 Å². The van der Waals surface area contributed by atoms with Crippen LogP contribution in [0.2, 0.25) is 0 Å². The number of nitrogens with two attached hydrogens (primary N) is 1. The number of carbonyl (C=O) groups excluding carboxylic acids is 1. The summed E-state index contributed by atoms with van der Waals surface area (Å²) in [6.45, 7) is 1.05. The molecule has 1 aromatic heterocycles. The fourth-order valence-corrected chi connectivity index (χ4v) is 2.12. The van der Waals surface area contributed by atoms with Crippen molar-refractivity contribution in [2.75, 3.05) is 13.1 Å². The Kier molecular flexibility index (Phi) is 3.66. The van der Waals surface area contributed by atoms with E-state index in [1.54, 1.807) is 12.1 Å². The SMILES string of the molecule is NCc1ccc(C(=O)N2CCC[C@@H](C(=O)O)C2)o1. The topological polar surface area (TPSA) is 96.8 Å². The van der Waals surface area contributed by atoms with Gasteiger partial charge < -0.3 is 20.2 Å². The molecule has 1 fully saturated rings.